The monoisotopic (exact) mass is 489 g/mol. The number of benzene rings is 1. The number of carbonyl (C=O) groups excluding carboxylic acids is 3. The molecule has 1 unspecified atom stereocenters. The van der Waals surface area contributed by atoms with Gasteiger partial charge in [0.2, 0.25) is 0 Å². The number of carbonyl (C=O) groups is 3. The standard InChI is InChI=1S/C22H18F3N5O3S/c1-11-17(34-12(2)28-11)21(10-26)19(32)29-20(33)30(21)18(31)15-6-4-3-5-14(15)13-7-8-16(27-9-13)22(23,24)25/h3-9H,10,26H2,1-2H3,(H,29,32,33). The Morgan fingerprint density at radius 2 is 1.88 bits per heavy atom. The SMILES string of the molecule is Cc1nc(C)c(C2(CN)C(=O)NC(=O)N2C(=O)c2ccccc2-c2ccc(C(F)(F)F)nc2)s1. The molecule has 1 aliphatic heterocycles. The molecule has 0 aliphatic carbocycles. The number of amides is 4. The number of thiazole rings is 1. The number of urea groups is 1. The summed E-state index contributed by atoms with van der Waals surface area (Å²) in [7, 11) is 0. The molecule has 34 heavy (non-hydrogen) atoms. The Balaban J connectivity index is 1.83. The second-order valence-electron chi connectivity index (χ2n) is 7.59. The molecular formula is C22H18F3N5O3S. The number of nitrogens with one attached hydrogen (secondary N) is 1. The molecule has 0 radical (unpaired) electrons. The van der Waals surface area contributed by atoms with Crippen molar-refractivity contribution in [2.24, 2.45) is 5.73 Å². The molecule has 0 bridgehead atoms. The Bertz CT molecular complexity index is 1310. The smallest absolute Gasteiger partial charge is 0.327 e. The minimum Gasteiger partial charge on any atom is -0.327 e. The highest BCUT2D eigenvalue weighted by atomic mass is 32.1. The van der Waals surface area contributed by atoms with Crippen molar-refractivity contribution < 1.29 is 27.6 Å². The summed E-state index contributed by atoms with van der Waals surface area (Å²) >= 11 is 1.15. The van der Waals surface area contributed by atoms with Gasteiger partial charge in [-0.25, -0.2) is 14.7 Å². The third-order valence-corrected chi connectivity index (χ3v) is 6.70. The van der Waals surface area contributed by atoms with E-state index >= 15 is 0 Å². The first-order chi connectivity index (χ1) is 16.0. The van der Waals surface area contributed by atoms with E-state index < -0.39 is 35.3 Å². The van der Waals surface area contributed by atoms with Crippen LogP contribution in [0.15, 0.2) is 42.6 Å². The van der Waals surface area contributed by atoms with Gasteiger partial charge >= 0.3 is 12.2 Å². The van der Waals surface area contributed by atoms with Gasteiger partial charge in [-0.1, -0.05) is 24.3 Å². The molecule has 1 saturated heterocycles. The number of hydrogen-bond donors (Lipinski definition) is 2. The van der Waals surface area contributed by atoms with E-state index in [-0.39, 0.29) is 23.2 Å². The van der Waals surface area contributed by atoms with Crippen LogP contribution in [0.4, 0.5) is 18.0 Å². The number of imide groups is 2. The van der Waals surface area contributed by atoms with E-state index in [4.69, 9.17) is 5.73 Å². The number of pyridine rings is 1. The molecule has 3 heterocycles. The Kier molecular flexibility index (Phi) is 5.74. The van der Waals surface area contributed by atoms with Crippen LogP contribution in [0, 0.1) is 13.8 Å². The number of aryl methyl sites for hydroxylation is 2. The van der Waals surface area contributed by atoms with E-state index in [0.29, 0.717) is 15.6 Å². The summed E-state index contributed by atoms with van der Waals surface area (Å²) in [4.78, 5) is 48.4. The maximum absolute atomic E-state index is 13.7. The van der Waals surface area contributed by atoms with Crippen molar-refractivity contribution in [2.45, 2.75) is 25.6 Å². The van der Waals surface area contributed by atoms with Gasteiger partial charge in [0.05, 0.1) is 15.6 Å². The van der Waals surface area contributed by atoms with Gasteiger partial charge in [0.1, 0.15) is 5.69 Å². The molecule has 0 saturated carbocycles. The topological polar surface area (TPSA) is 118 Å². The molecule has 4 amide bonds. The van der Waals surface area contributed by atoms with Crippen LogP contribution in [0.3, 0.4) is 0 Å². The quantitative estimate of drug-likeness (QED) is 0.543. The maximum Gasteiger partial charge on any atom is 0.433 e. The highest BCUT2D eigenvalue weighted by Crippen LogP contribution is 2.40. The van der Waals surface area contributed by atoms with Crippen molar-refractivity contribution in [3.8, 4) is 11.1 Å². The van der Waals surface area contributed by atoms with Crippen molar-refractivity contribution in [1.82, 2.24) is 20.2 Å². The second kappa shape index (κ2) is 8.29. The molecule has 176 valence electrons. The van der Waals surface area contributed by atoms with Crippen LogP contribution < -0.4 is 11.1 Å². The normalized spacial score (nSPS) is 18.4. The summed E-state index contributed by atoms with van der Waals surface area (Å²) < 4.78 is 38.8. The van der Waals surface area contributed by atoms with Crippen LogP contribution >= 0.6 is 11.3 Å². The van der Waals surface area contributed by atoms with Crippen LogP contribution in [-0.2, 0) is 16.5 Å². The van der Waals surface area contributed by atoms with Gasteiger partial charge in [-0.05, 0) is 31.5 Å². The molecule has 12 heteroatoms. The van der Waals surface area contributed by atoms with Crippen molar-refractivity contribution >= 4 is 29.2 Å². The van der Waals surface area contributed by atoms with Gasteiger partial charge < -0.3 is 5.73 Å². The van der Waals surface area contributed by atoms with E-state index in [0.717, 1.165) is 28.5 Å². The van der Waals surface area contributed by atoms with Gasteiger partial charge in [0.25, 0.3) is 11.8 Å². The first-order valence-electron chi connectivity index (χ1n) is 9.98. The predicted molar refractivity (Wildman–Crippen MR) is 117 cm³/mol. The predicted octanol–water partition coefficient (Wildman–Crippen LogP) is 3.39. The molecular weight excluding hydrogens is 471 g/mol. The van der Waals surface area contributed by atoms with E-state index in [1.54, 1.807) is 19.9 Å². The molecule has 3 aromatic rings. The number of nitrogens with zero attached hydrogens (tertiary/aromatic N) is 3. The summed E-state index contributed by atoms with van der Waals surface area (Å²) in [6, 6.07) is 7.09. The summed E-state index contributed by atoms with van der Waals surface area (Å²) in [5, 5.41) is 2.79. The summed E-state index contributed by atoms with van der Waals surface area (Å²) in [5.74, 6) is -1.59. The van der Waals surface area contributed by atoms with Crippen LogP contribution in [-0.4, -0.2) is 39.3 Å². The number of aromatic nitrogens is 2. The highest BCUT2D eigenvalue weighted by molar-refractivity contribution is 7.12. The second-order valence-corrected chi connectivity index (χ2v) is 8.79. The zero-order valence-electron chi connectivity index (χ0n) is 17.9. The number of rotatable bonds is 4. The number of nitrogens with two attached hydrogens (primary N) is 1. The van der Waals surface area contributed by atoms with Crippen LogP contribution in [0.1, 0.15) is 31.6 Å². The van der Waals surface area contributed by atoms with Gasteiger partial charge in [0, 0.05) is 23.9 Å². The van der Waals surface area contributed by atoms with Gasteiger partial charge in [-0.15, -0.1) is 11.3 Å². The Morgan fingerprint density at radius 3 is 2.44 bits per heavy atom. The number of alkyl halides is 3. The van der Waals surface area contributed by atoms with Gasteiger partial charge in [-0.3, -0.25) is 19.9 Å². The molecule has 2 aromatic heterocycles. The van der Waals surface area contributed by atoms with Gasteiger partial charge in [-0.2, -0.15) is 13.2 Å². The average molecular weight is 489 g/mol. The maximum atomic E-state index is 13.7. The fourth-order valence-corrected chi connectivity index (χ4v) is 5.06. The zero-order valence-corrected chi connectivity index (χ0v) is 18.8. The van der Waals surface area contributed by atoms with Crippen LogP contribution in [0.5, 0.6) is 0 Å². The van der Waals surface area contributed by atoms with E-state index in [2.05, 4.69) is 15.3 Å². The van der Waals surface area contributed by atoms with Crippen LogP contribution in [0.25, 0.3) is 11.1 Å². The van der Waals surface area contributed by atoms with Crippen LogP contribution in [0.2, 0.25) is 0 Å². The lowest BCUT2D eigenvalue weighted by Crippen LogP contribution is -2.54. The first kappa shape index (κ1) is 23.5. The molecule has 4 rings (SSSR count). The lowest BCUT2D eigenvalue weighted by atomic mass is 9.92. The first-order valence-corrected chi connectivity index (χ1v) is 10.8. The minimum absolute atomic E-state index is 0.00868. The average Bonchev–Trinajstić information content (AvgIpc) is 3.27. The molecule has 1 aromatic carbocycles. The Labute approximate surface area is 195 Å². The van der Waals surface area contributed by atoms with Crippen molar-refractivity contribution in [3.63, 3.8) is 0 Å². The molecule has 1 atom stereocenters. The zero-order chi connectivity index (χ0) is 24.8. The van der Waals surface area contributed by atoms with Gasteiger partial charge in [0.15, 0.2) is 5.54 Å². The van der Waals surface area contributed by atoms with E-state index in [1.165, 1.54) is 24.3 Å². The van der Waals surface area contributed by atoms with Crippen molar-refractivity contribution in [2.75, 3.05) is 6.54 Å². The fraction of sp³-hybridized carbons (Fsp3) is 0.227. The number of halogens is 3. The van der Waals surface area contributed by atoms with E-state index in [9.17, 15) is 27.6 Å². The van der Waals surface area contributed by atoms with E-state index in [1.807, 2.05) is 0 Å². The molecule has 8 nitrogen and oxygen atoms in total. The number of hydrogen-bond acceptors (Lipinski definition) is 7. The van der Waals surface area contributed by atoms with Crippen molar-refractivity contribution in [1.29, 1.82) is 0 Å². The third-order valence-electron chi connectivity index (χ3n) is 5.48. The molecule has 3 N–H and O–H groups in total. The molecule has 1 aliphatic rings. The fourth-order valence-electron chi connectivity index (χ4n) is 3.96. The summed E-state index contributed by atoms with van der Waals surface area (Å²) in [6.07, 6.45) is -3.62. The highest BCUT2D eigenvalue weighted by Gasteiger charge is 2.58. The Morgan fingerprint density at radius 1 is 1.18 bits per heavy atom. The Hall–Kier alpha value is -3.64. The summed E-state index contributed by atoms with van der Waals surface area (Å²) in [5.41, 5.74) is 4.02. The largest absolute Gasteiger partial charge is 0.433 e. The molecule has 0 spiro atoms. The van der Waals surface area contributed by atoms with Crippen molar-refractivity contribution in [3.05, 3.63) is 69.4 Å². The lowest BCUT2D eigenvalue weighted by molar-refractivity contribution is -0.141. The minimum atomic E-state index is -4.62. The molecule has 1 fully saturated rings. The summed E-state index contributed by atoms with van der Waals surface area (Å²) in [6.45, 7) is 2.98. The third kappa shape index (κ3) is 3.64. The lowest BCUT2D eigenvalue weighted by Gasteiger charge is -2.32.